The van der Waals surface area contributed by atoms with E-state index in [0.29, 0.717) is 12.1 Å². The first-order chi connectivity index (χ1) is 14.4. The number of halogens is 1. The van der Waals surface area contributed by atoms with Gasteiger partial charge in [0.2, 0.25) is 0 Å². The quantitative estimate of drug-likeness (QED) is 0.201. The molecule has 0 bridgehead atoms. The molecule has 178 valence electrons. The van der Waals surface area contributed by atoms with Crippen molar-refractivity contribution in [1.29, 1.82) is 0 Å². The lowest BCUT2D eigenvalue weighted by Crippen LogP contribution is -2.48. The summed E-state index contributed by atoms with van der Waals surface area (Å²) >= 11 is 0. The van der Waals surface area contributed by atoms with Gasteiger partial charge in [-0.05, 0) is 64.7 Å². The van der Waals surface area contributed by atoms with Crippen LogP contribution in [0, 0.1) is 0 Å². The van der Waals surface area contributed by atoms with Crippen LogP contribution >= 0.6 is 24.0 Å². The molecule has 7 heteroatoms. The van der Waals surface area contributed by atoms with Gasteiger partial charge in [0.05, 0.1) is 7.11 Å². The molecule has 31 heavy (non-hydrogen) atoms. The van der Waals surface area contributed by atoms with Gasteiger partial charge >= 0.3 is 0 Å². The smallest absolute Gasteiger partial charge is 0.191 e. The topological polar surface area (TPSA) is 58.1 Å². The van der Waals surface area contributed by atoms with Gasteiger partial charge in [-0.1, -0.05) is 12.1 Å². The van der Waals surface area contributed by atoms with Gasteiger partial charge in [0.1, 0.15) is 5.75 Å². The van der Waals surface area contributed by atoms with E-state index in [1.54, 1.807) is 7.11 Å². The van der Waals surface area contributed by atoms with Gasteiger partial charge in [-0.15, -0.1) is 24.0 Å². The largest absolute Gasteiger partial charge is 0.497 e. The second-order valence-corrected chi connectivity index (χ2v) is 8.75. The Morgan fingerprint density at radius 2 is 1.71 bits per heavy atom. The van der Waals surface area contributed by atoms with Crippen molar-refractivity contribution >= 4 is 29.9 Å². The van der Waals surface area contributed by atoms with Crippen LogP contribution in [0.15, 0.2) is 29.3 Å². The minimum Gasteiger partial charge on any atom is -0.497 e. The Balaban J connectivity index is 0.00000480. The van der Waals surface area contributed by atoms with Gasteiger partial charge in [0.25, 0.3) is 0 Å². The fraction of sp³-hybridized carbons (Fsp3) is 0.708. The summed E-state index contributed by atoms with van der Waals surface area (Å²) in [4.78, 5) is 6.97. The van der Waals surface area contributed by atoms with Crippen molar-refractivity contribution in [1.82, 2.24) is 15.5 Å². The Labute approximate surface area is 206 Å². The molecule has 0 aromatic heterocycles. The lowest BCUT2D eigenvalue weighted by Gasteiger charge is -2.38. The first kappa shape index (κ1) is 28.0. The van der Waals surface area contributed by atoms with E-state index in [1.807, 2.05) is 7.05 Å². The lowest BCUT2D eigenvalue weighted by molar-refractivity contribution is 0.0513. The zero-order valence-corrected chi connectivity index (χ0v) is 22.6. The van der Waals surface area contributed by atoms with Gasteiger partial charge < -0.3 is 20.1 Å². The van der Waals surface area contributed by atoms with Crippen LogP contribution in [0.1, 0.15) is 52.5 Å². The second kappa shape index (κ2) is 14.2. The van der Waals surface area contributed by atoms with Crippen LogP contribution in [0.5, 0.6) is 5.75 Å². The number of nitrogens with one attached hydrogen (secondary N) is 2. The van der Waals surface area contributed by atoms with Crippen molar-refractivity contribution in [2.75, 3.05) is 47.0 Å². The SMILES string of the molecule is CN=C(NCCCN(C(C)C)C(C)C)NCC1(c2ccc(OC)cc2)CCOCC1.I. The van der Waals surface area contributed by atoms with Crippen LogP contribution in [0.25, 0.3) is 0 Å². The van der Waals surface area contributed by atoms with Crippen LogP contribution in [0.2, 0.25) is 0 Å². The molecule has 0 unspecified atom stereocenters. The molecule has 1 fully saturated rings. The molecule has 2 rings (SSSR count). The summed E-state index contributed by atoms with van der Waals surface area (Å²) in [7, 11) is 3.55. The highest BCUT2D eigenvalue weighted by Crippen LogP contribution is 2.35. The maximum absolute atomic E-state index is 5.66. The second-order valence-electron chi connectivity index (χ2n) is 8.75. The Morgan fingerprint density at radius 1 is 1.10 bits per heavy atom. The van der Waals surface area contributed by atoms with Crippen molar-refractivity contribution in [2.45, 2.75) is 64.5 Å². The average molecular weight is 547 g/mol. The molecule has 0 atom stereocenters. The van der Waals surface area contributed by atoms with E-state index in [4.69, 9.17) is 9.47 Å². The van der Waals surface area contributed by atoms with Crippen molar-refractivity contribution in [3.8, 4) is 5.75 Å². The van der Waals surface area contributed by atoms with E-state index in [2.05, 4.69) is 72.5 Å². The molecule has 0 aliphatic carbocycles. The van der Waals surface area contributed by atoms with Gasteiger partial charge in [-0.3, -0.25) is 9.89 Å². The zero-order valence-electron chi connectivity index (χ0n) is 20.2. The first-order valence-corrected chi connectivity index (χ1v) is 11.3. The lowest BCUT2D eigenvalue weighted by atomic mass is 9.74. The zero-order chi connectivity index (χ0) is 22.0. The Morgan fingerprint density at radius 3 is 2.23 bits per heavy atom. The standard InChI is InChI=1S/C24H42N4O2.HI/c1-19(2)28(20(3)4)15-7-14-26-23(25-5)27-18-24(12-16-30-17-13-24)21-8-10-22(29-6)11-9-21;/h8-11,19-20H,7,12-18H2,1-6H3,(H2,25,26,27);1H. The summed E-state index contributed by atoms with van der Waals surface area (Å²) < 4.78 is 11.0. The predicted molar refractivity (Wildman–Crippen MR) is 141 cm³/mol. The van der Waals surface area contributed by atoms with Crippen molar-refractivity contribution in [3.05, 3.63) is 29.8 Å². The fourth-order valence-corrected chi connectivity index (χ4v) is 4.33. The predicted octanol–water partition coefficient (Wildman–Crippen LogP) is 4.04. The summed E-state index contributed by atoms with van der Waals surface area (Å²) in [6.07, 6.45) is 3.09. The van der Waals surface area contributed by atoms with Crippen LogP contribution in [-0.2, 0) is 10.2 Å². The highest BCUT2D eigenvalue weighted by Gasteiger charge is 2.34. The van der Waals surface area contributed by atoms with E-state index in [1.165, 1.54) is 5.56 Å². The van der Waals surface area contributed by atoms with E-state index in [0.717, 1.165) is 63.8 Å². The molecule has 1 aliphatic heterocycles. The fourth-order valence-electron chi connectivity index (χ4n) is 4.33. The number of aliphatic imine (C=N–C) groups is 1. The number of hydrogen-bond donors (Lipinski definition) is 2. The van der Waals surface area contributed by atoms with Gasteiger partial charge in [0, 0.05) is 57.4 Å². The highest BCUT2D eigenvalue weighted by molar-refractivity contribution is 14.0. The number of nitrogens with zero attached hydrogens (tertiary/aromatic N) is 2. The molecule has 1 aromatic carbocycles. The third kappa shape index (κ3) is 8.42. The maximum Gasteiger partial charge on any atom is 0.191 e. The van der Waals surface area contributed by atoms with Crippen molar-refractivity contribution in [2.24, 2.45) is 4.99 Å². The number of benzene rings is 1. The molecule has 1 aromatic rings. The maximum atomic E-state index is 5.66. The van der Waals surface area contributed by atoms with Crippen LogP contribution in [0.4, 0.5) is 0 Å². The van der Waals surface area contributed by atoms with Crippen molar-refractivity contribution < 1.29 is 9.47 Å². The molecule has 6 nitrogen and oxygen atoms in total. The minimum atomic E-state index is 0. The van der Waals surface area contributed by atoms with E-state index < -0.39 is 0 Å². The molecular weight excluding hydrogens is 503 g/mol. The van der Waals surface area contributed by atoms with Gasteiger partial charge in [0.15, 0.2) is 5.96 Å². The summed E-state index contributed by atoms with van der Waals surface area (Å²) in [5.74, 6) is 1.76. The molecule has 0 amide bonds. The first-order valence-electron chi connectivity index (χ1n) is 11.3. The number of rotatable bonds is 10. The minimum absolute atomic E-state index is 0. The van der Waals surface area contributed by atoms with E-state index in [-0.39, 0.29) is 29.4 Å². The Kier molecular flexibility index (Phi) is 12.8. The van der Waals surface area contributed by atoms with Crippen LogP contribution < -0.4 is 15.4 Å². The summed E-state index contributed by atoms with van der Waals surface area (Å²) in [6.45, 7) is 13.5. The molecule has 1 heterocycles. The highest BCUT2D eigenvalue weighted by atomic mass is 127. The molecule has 1 saturated heterocycles. The molecule has 1 aliphatic rings. The van der Waals surface area contributed by atoms with Gasteiger partial charge in [-0.25, -0.2) is 0 Å². The third-order valence-electron chi connectivity index (χ3n) is 6.18. The summed E-state index contributed by atoms with van der Waals surface area (Å²) in [5.41, 5.74) is 1.38. The Hall–Kier alpha value is -1.06. The van der Waals surface area contributed by atoms with Crippen LogP contribution in [0.3, 0.4) is 0 Å². The van der Waals surface area contributed by atoms with E-state index >= 15 is 0 Å². The molecule has 0 saturated carbocycles. The van der Waals surface area contributed by atoms with E-state index in [9.17, 15) is 0 Å². The molecule has 0 spiro atoms. The third-order valence-corrected chi connectivity index (χ3v) is 6.18. The van der Waals surface area contributed by atoms with Gasteiger partial charge in [-0.2, -0.15) is 0 Å². The molecular formula is C24H43IN4O2. The number of methoxy groups -OCH3 is 1. The summed E-state index contributed by atoms with van der Waals surface area (Å²) in [5, 5.41) is 7.07. The molecule has 0 radical (unpaired) electrons. The average Bonchev–Trinajstić information content (AvgIpc) is 2.75. The Bertz CT molecular complexity index is 635. The number of guanidine groups is 1. The number of ether oxygens (including phenoxy) is 2. The van der Waals surface area contributed by atoms with Crippen molar-refractivity contribution in [3.63, 3.8) is 0 Å². The number of hydrogen-bond acceptors (Lipinski definition) is 4. The molecule has 2 N–H and O–H groups in total. The van der Waals surface area contributed by atoms with Crippen LogP contribution in [-0.4, -0.2) is 69.9 Å². The normalized spacial score (nSPS) is 16.4. The monoisotopic (exact) mass is 546 g/mol. The summed E-state index contributed by atoms with van der Waals surface area (Å²) in [6, 6.07) is 9.62.